The van der Waals surface area contributed by atoms with E-state index in [-0.39, 0.29) is 40.1 Å². The van der Waals surface area contributed by atoms with E-state index in [9.17, 15) is 14.0 Å². The van der Waals surface area contributed by atoms with Crippen molar-refractivity contribution in [2.24, 2.45) is 0 Å². The van der Waals surface area contributed by atoms with Crippen LogP contribution in [0.3, 0.4) is 0 Å². The lowest BCUT2D eigenvalue weighted by Crippen LogP contribution is -2.29. The highest BCUT2D eigenvalue weighted by molar-refractivity contribution is 6.31. The van der Waals surface area contributed by atoms with E-state index in [0.29, 0.717) is 27.6 Å². The summed E-state index contributed by atoms with van der Waals surface area (Å²) in [5, 5.41) is 0.670. The summed E-state index contributed by atoms with van der Waals surface area (Å²) in [5.41, 5.74) is 1.49. The highest BCUT2D eigenvalue weighted by Crippen LogP contribution is 2.41. The molecule has 5 rings (SSSR count). The molecule has 1 aliphatic heterocycles. The molecular weight excluding hydrogens is 461 g/mol. The predicted octanol–water partition coefficient (Wildman–Crippen LogP) is 5.35. The number of hydrogen-bond acceptors (Lipinski definition) is 5. The van der Waals surface area contributed by atoms with Gasteiger partial charge in [-0.25, -0.2) is 4.39 Å². The molecule has 1 amide bonds. The monoisotopic (exact) mass is 479 g/mol. The molecule has 0 spiro atoms. The number of rotatable bonds is 5. The summed E-state index contributed by atoms with van der Waals surface area (Å²) in [5.74, 6) is 0.125. The van der Waals surface area contributed by atoms with Crippen molar-refractivity contribution in [2.45, 2.75) is 12.6 Å². The molecule has 6 nitrogen and oxygen atoms in total. The number of carbonyl (C=O) groups excluding carboxylic acids is 1. The van der Waals surface area contributed by atoms with Crippen LogP contribution >= 0.6 is 11.6 Å². The Hall–Kier alpha value is -3.84. The number of benzene rings is 3. The summed E-state index contributed by atoms with van der Waals surface area (Å²) in [7, 11) is 3.03. The summed E-state index contributed by atoms with van der Waals surface area (Å²) in [6.07, 6.45) is 0. The first-order valence-electron chi connectivity index (χ1n) is 10.4. The Morgan fingerprint density at radius 3 is 2.41 bits per heavy atom. The number of halogens is 2. The van der Waals surface area contributed by atoms with Crippen LogP contribution in [0.25, 0.3) is 11.0 Å². The van der Waals surface area contributed by atoms with Crippen molar-refractivity contribution >= 4 is 28.5 Å². The third-order valence-electron chi connectivity index (χ3n) is 5.92. The van der Waals surface area contributed by atoms with Gasteiger partial charge in [-0.3, -0.25) is 9.59 Å². The maximum atomic E-state index is 13.6. The van der Waals surface area contributed by atoms with Crippen LogP contribution in [0.5, 0.6) is 11.5 Å². The van der Waals surface area contributed by atoms with Gasteiger partial charge in [0.1, 0.15) is 11.4 Å². The molecule has 4 aromatic rings. The van der Waals surface area contributed by atoms with Crippen LogP contribution in [0.15, 0.2) is 69.9 Å². The first-order valence-corrected chi connectivity index (χ1v) is 10.8. The average Bonchev–Trinajstić information content (AvgIpc) is 3.12. The Labute approximate surface area is 199 Å². The minimum absolute atomic E-state index is 0.0262. The lowest BCUT2D eigenvalue weighted by Gasteiger charge is -2.26. The van der Waals surface area contributed by atoms with Crippen molar-refractivity contribution in [1.29, 1.82) is 0 Å². The second-order valence-electron chi connectivity index (χ2n) is 7.89. The molecule has 8 heteroatoms. The molecular formula is C26H19ClFNO5. The van der Waals surface area contributed by atoms with Gasteiger partial charge in [-0.05, 0) is 53.6 Å². The van der Waals surface area contributed by atoms with Crippen molar-refractivity contribution in [1.82, 2.24) is 4.90 Å². The fourth-order valence-corrected chi connectivity index (χ4v) is 4.48. The normalized spacial score (nSPS) is 15.0. The molecule has 0 saturated carbocycles. The van der Waals surface area contributed by atoms with Gasteiger partial charge in [0, 0.05) is 11.6 Å². The van der Waals surface area contributed by atoms with E-state index >= 15 is 0 Å². The lowest BCUT2D eigenvalue weighted by molar-refractivity contribution is 0.0714. The zero-order valence-corrected chi connectivity index (χ0v) is 19.1. The van der Waals surface area contributed by atoms with Crippen molar-refractivity contribution in [2.75, 3.05) is 14.2 Å². The molecule has 0 fully saturated rings. The molecule has 1 atom stereocenters. The fourth-order valence-electron chi connectivity index (χ4n) is 4.31. The van der Waals surface area contributed by atoms with Crippen molar-refractivity contribution in [3.05, 3.63) is 104 Å². The van der Waals surface area contributed by atoms with Gasteiger partial charge in [-0.1, -0.05) is 29.8 Å². The minimum atomic E-state index is -0.757. The second kappa shape index (κ2) is 8.50. The van der Waals surface area contributed by atoms with Gasteiger partial charge >= 0.3 is 0 Å². The quantitative estimate of drug-likeness (QED) is 0.386. The largest absolute Gasteiger partial charge is 0.493 e. The maximum absolute atomic E-state index is 13.6. The molecule has 0 aliphatic carbocycles. The molecule has 0 saturated heterocycles. The van der Waals surface area contributed by atoms with E-state index in [0.717, 1.165) is 0 Å². The molecule has 0 radical (unpaired) electrons. The molecule has 2 heterocycles. The number of nitrogens with zero attached hydrogens (tertiary/aromatic N) is 1. The molecule has 1 unspecified atom stereocenters. The first-order chi connectivity index (χ1) is 16.4. The van der Waals surface area contributed by atoms with Gasteiger partial charge in [0.25, 0.3) is 5.91 Å². The van der Waals surface area contributed by atoms with E-state index < -0.39 is 11.9 Å². The number of fused-ring (bicyclic) bond motifs is 2. The van der Waals surface area contributed by atoms with Crippen molar-refractivity contribution in [3.63, 3.8) is 0 Å². The third-order valence-corrected chi connectivity index (χ3v) is 6.15. The van der Waals surface area contributed by atoms with Crippen molar-refractivity contribution in [3.8, 4) is 11.5 Å². The maximum Gasteiger partial charge on any atom is 0.291 e. The number of amides is 1. The molecule has 34 heavy (non-hydrogen) atoms. The average molecular weight is 480 g/mol. The molecule has 1 aromatic heterocycles. The summed E-state index contributed by atoms with van der Waals surface area (Å²) in [6.45, 7) is 0.138. The van der Waals surface area contributed by atoms with Crippen LogP contribution in [0.4, 0.5) is 4.39 Å². The fraction of sp³-hybridized carbons (Fsp3) is 0.154. The van der Waals surface area contributed by atoms with Gasteiger partial charge in [-0.15, -0.1) is 0 Å². The summed E-state index contributed by atoms with van der Waals surface area (Å²) in [6, 6.07) is 15.0. The lowest BCUT2D eigenvalue weighted by atomic mass is 9.97. The first kappa shape index (κ1) is 22.0. The molecule has 0 bridgehead atoms. The standard InChI is InChI=1S/C26H19ClFNO5/c1-32-20-9-5-15(11-21(20)33-2)23-22-24(30)18-12-16(27)6-10-19(18)34-25(22)26(31)29(23)13-14-3-7-17(28)8-4-14/h3-12,23H,13H2,1-2H3. The Balaban J connectivity index is 1.73. The summed E-state index contributed by atoms with van der Waals surface area (Å²) >= 11 is 6.13. The number of hydrogen-bond donors (Lipinski definition) is 0. The SMILES string of the molecule is COc1ccc(C2c3c(oc4ccc(Cl)cc4c3=O)C(=O)N2Cc2ccc(F)cc2)cc1OC. The van der Waals surface area contributed by atoms with E-state index in [1.165, 1.54) is 37.3 Å². The molecule has 0 N–H and O–H groups in total. The number of ether oxygens (including phenoxy) is 2. The molecule has 1 aliphatic rings. The van der Waals surface area contributed by atoms with Crippen LogP contribution in [0.2, 0.25) is 5.02 Å². The number of carbonyl (C=O) groups is 1. The van der Waals surface area contributed by atoms with E-state index in [4.69, 9.17) is 25.5 Å². The van der Waals surface area contributed by atoms with E-state index in [1.807, 2.05) is 0 Å². The third kappa shape index (κ3) is 3.58. The van der Waals surface area contributed by atoms with E-state index in [2.05, 4.69) is 0 Å². The Bertz CT molecular complexity index is 1480. The second-order valence-corrected chi connectivity index (χ2v) is 8.33. The predicted molar refractivity (Wildman–Crippen MR) is 125 cm³/mol. The Morgan fingerprint density at radius 2 is 1.71 bits per heavy atom. The van der Waals surface area contributed by atoms with Gasteiger partial charge < -0.3 is 18.8 Å². The Kier molecular flexibility index (Phi) is 5.49. The summed E-state index contributed by atoms with van der Waals surface area (Å²) < 4.78 is 30.2. The highest BCUT2D eigenvalue weighted by atomic mass is 35.5. The van der Waals surface area contributed by atoms with Crippen LogP contribution in [-0.4, -0.2) is 25.0 Å². The van der Waals surface area contributed by atoms with Gasteiger partial charge in [0.2, 0.25) is 5.76 Å². The van der Waals surface area contributed by atoms with Crippen LogP contribution in [0.1, 0.15) is 33.3 Å². The zero-order chi connectivity index (χ0) is 24.0. The Morgan fingerprint density at radius 1 is 0.971 bits per heavy atom. The van der Waals surface area contributed by atoms with Gasteiger partial charge in [0.15, 0.2) is 16.9 Å². The zero-order valence-electron chi connectivity index (χ0n) is 18.3. The highest BCUT2D eigenvalue weighted by Gasteiger charge is 2.43. The van der Waals surface area contributed by atoms with E-state index in [1.54, 1.807) is 42.5 Å². The number of methoxy groups -OCH3 is 2. The van der Waals surface area contributed by atoms with Gasteiger partial charge in [0.05, 0.1) is 31.2 Å². The van der Waals surface area contributed by atoms with Crippen LogP contribution in [0, 0.1) is 5.82 Å². The van der Waals surface area contributed by atoms with Gasteiger partial charge in [-0.2, -0.15) is 0 Å². The summed E-state index contributed by atoms with van der Waals surface area (Å²) in [4.78, 5) is 28.7. The molecule has 172 valence electrons. The molecule has 3 aromatic carbocycles. The van der Waals surface area contributed by atoms with Crippen molar-refractivity contribution < 1.29 is 23.1 Å². The topological polar surface area (TPSA) is 69.0 Å². The minimum Gasteiger partial charge on any atom is -0.493 e. The van der Waals surface area contributed by atoms with Crippen LogP contribution in [-0.2, 0) is 6.54 Å². The smallest absolute Gasteiger partial charge is 0.291 e. The van der Waals surface area contributed by atoms with Crippen LogP contribution < -0.4 is 14.9 Å².